The molecule has 0 aliphatic carbocycles. The van der Waals surface area contributed by atoms with Gasteiger partial charge >= 0.3 is 0 Å². The predicted molar refractivity (Wildman–Crippen MR) is 108 cm³/mol. The third-order valence-corrected chi connectivity index (χ3v) is 6.68. The van der Waals surface area contributed by atoms with Crippen LogP contribution in [0, 0.1) is 12.8 Å². The van der Waals surface area contributed by atoms with Crippen LogP contribution in [-0.2, 0) is 14.8 Å². The highest BCUT2D eigenvalue weighted by molar-refractivity contribution is 7.89. The molecule has 2 aromatic rings. The van der Waals surface area contributed by atoms with Crippen LogP contribution in [0.1, 0.15) is 18.4 Å². The Morgan fingerprint density at radius 3 is 2.64 bits per heavy atom. The third kappa shape index (κ3) is 4.31. The van der Waals surface area contributed by atoms with Crippen LogP contribution in [0.4, 0.5) is 11.6 Å². The lowest BCUT2D eigenvalue weighted by molar-refractivity contribution is -0.120. The Hall–Kier alpha value is -2.52. The lowest BCUT2D eigenvalue weighted by atomic mass is 9.97. The fraction of sp³-hybridized carbons (Fsp3) is 0.421. The zero-order valence-corrected chi connectivity index (χ0v) is 17.1. The Morgan fingerprint density at radius 2 is 1.96 bits per heavy atom. The molecule has 1 unspecified atom stereocenters. The summed E-state index contributed by atoms with van der Waals surface area (Å²) in [4.78, 5) is 23.5. The normalized spacial score (nSPS) is 17.6. The minimum atomic E-state index is -3.56. The molecule has 0 bridgehead atoms. The molecule has 0 radical (unpaired) electrons. The number of hydrogen-bond acceptors (Lipinski definition) is 6. The number of carbonyl (C=O) groups is 1. The summed E-state index contributed by atoms with van der Waals surface area (Å²) < 4.78 is 25.9. The molecule has 0 spiro atoms. The van der Waals surface area contributed by atoms with Crippen LogP contribution in [0.25, 0.3) is 0 Å². The van der Waals surface area contributed by atoms with Gasteiger partial charge < -0.3 is 10.2 Å². The maximum absolute atomic E-state index is 12.9. The number of hydrogen-bond donors (Lipinski definition) is 1. The minimum absolute atomic E-state index is 0.122. The van der Waals surface area contributed by atoms with Crippen LogP contribution in [0.15, 0.2) is 41.6 Å². The molecule has 1 amide bonds. The molecular weight excluding hydrogens is 378 g/mol. The summed E-state index contributed by atoms with van der Waals surface area (Å²) in [5, 5.41) is 2.91. The monoisotopic (exact) mass is 403 g/mol. The molecule has 1 N–H and O–H groups in total. The average molecular weight is 404 g/mol. The predicted octanol–water partition coefficient (Wildman–Crippen LogP) is 1.89. The molecule has 9 heteroatoms. The van der Waals surface area contributed by atoms with E-state index in [1.807, 2.05) is 11.8 Å². The van der Waals surface area contributed by atoms with E-state index in [-0.39, 0.29) is 16.7 Å². The topological polar surface area (TPSA) is 95.5 Å². The van der Waals surface area contributed by atoms with E-state index in [0.717, 1.165) is 29.3 Å². The number of piperidine rings is 1. The number of amides is 1. The molecule has 1 aromatic carbocycles. The van der Waals surface area contributed by atoms with Crippen LogP contribution in [-0.4, -0.2) is 55.8 Å². The van der Waals surface area contributed by atoms with Crippen molar-refractivity contribution in [1.29, 1.82) is 0 Å². The fourth-order valence-electron chi connectivity index (χ4n) is 3.17. The van der Waals surface area contributed by atoms with Crippen molar-refractivity contribution in [2.45, 2.75) is 24.7 Å². The molecule has 8 nitrogen and oxygen atoms in total. The number of sulfonamides is 1. The van der Waals surface area contributed by atoms with Gasteiger partial charge in [-0.25, -0.2) is 22.7 Å². The highest BCUT2D eigenvalue weighted by Gasteiger charge is 2.28. The molecule has 1 atom stereocenters. The summed E-state index contributed by atoms with van der Waals surface area (Å²) in [5.41, 5.74) is 1.33. The van der Waals surface area contributed by atoms with Crippen molar-refractivity contribution in [3.63, 3.8) is 0 Å². The van der Waals surface area contributed by atoms with Gasteiger partial charge in [0.1, 0.15) is 0 Å². The van der Waals surface area contributed by atoms with Crippen molar-refractivity contribution in [3.8, 4) is 0 Å². The first-order chi connectivity index (χ1) is 13.3. The van der Waals surface area contributed by atoms with Gasteiger partial charge in [0.05, 0.1) is 10.8 Å². The largest absolute Gasteiger partial charge is 0.340 e. The summed E-state index contributed by atoms with van der Waals surface area (Å²) in [6.07, 6.45) is 5.01. The maximum Gasteiger partial charge on any atom is 0.242 e. The van der Waals surface area contributed by atoms with Gasteiger partial charge in [-0.2, -0.15) is 0 Å². The number of carbonyl (C=O) groups excluding carboxylic acids is 1. The third-order valence-electron chi connectivity index (χ3n) is 4.87. The molecule has 2 heterocycles. The van der Waals surface area contributed by atoms with Crippen molar-refractivity contribution >= 4 is 27.6 Å². The Labute approximate surface area is 165 Å². The van der Waals surface area contributed by atoms with Gasteiger partial charge in [-0.3, -0.25) is 4.79 Å². The Morgan fingerprint density at radius 1 is 1.25 bits per heavy atom. The van der Waals surface area contributed by atoms with Crippen LogP contribution in [0.3, 0.4) is 0 Å². The maximum atomic E-state index is 12.9. The van der Waals surface area contributed by atoms with Crippen molar-refractivity contribution in [1.82, 2.24) is 14.3 Å². The van der Waals surface area contributed by atoms with E-state index in [2.05, 4.69) is 15.3 Å². The Kier molecular flexibility index (Phi) is 5.95. The summed E-state index contributed by atoms with van der Waals surface area (Å²) >= 11 is 0. The molecule has 0 saturated carbocycles. The van der Waals surface area contributed by atoms with E-state index in [4.69, 9.17) is 0 Å². The summed E-state index contributed by atoms with van der Waals surface area (Å²) in [6.45, 7) is 3.18. The zero-order chi connectivity index (χ0) is 20.3. The zero-order valence-electron chi connectivity index (χ0n) is 16.3. The number of nitrogens with zero attached hydrogens (tertiary/aromatic N) is 4. The Balaban J connectivity index is 1.76. The van der Waals surface area contributed by atoms with Crippen molar-refractivity contribution in [3.05, 3.63) is 42.2 Å². The fourth-order valence-corrected chi connectivity index (χ4v) is 4.10. The first kappa shape index (κ1) is 20.2. The summed E-state index contributed by atoms with van der Waals surface area (Å²) in [6, 6.07) is 6.53. The first-order valence-corrected chi connectivity index (χ1v) is 10.6. The molecular formula is C19H25N5O3S. The summed E-state index contributed by atoms with van der Waals surface area (Å²) in [5.74, 6) is 0.282. The lowest BCUT2D eigenvalue weighted by Gasteiger charge is -2.32. The smallest absolute Gasteiger partial charge is 0.242 e. The number of aryl methyl sites for hydroxylation is 1. The van der Waals surface area contributed by atoms with E-state index in [1.54, 1.807) is 30.6 Å². The number of nitrogens with one attached hydrogen (secondary N) is 1. The van der Waals surface area contributed by atoms with Gasteiger partial charge in [0.2, 0.25) is 21.9 Å². The van der Waals surface area contributed by atoms with Crippen molar-refractivity contribution in [2.75, 3.05) is 37.4 Å². The van der Waals surface area contributed by atoms with Gasteiger partial charge in [0, 0.05) is 45.3 Å². The quantitative estimate of drug-likeness (QED) is 0.819. The second kappa shape index (κ2) is 8.24. The molecule has 3 rings (SSSR count). The Bertz CT molecular complexity index is 947. The molecule has 1 aromatic heterocycles. The van der Waals surface area contributed by atoms with Crippen molar-refractivity contribution in [2.24, 2.45) is 5.92 Å². The summed E-state index contributed by atoms with van der Waals surface area (Å²) in [7, 11) is -0.601. The van der Waals surface area contributed by atoms with Crippen LogP contribution in [0.2, 0.25) is 0 Å². The number of anilines is 2. The highest BCUT2D eigenvalue weighted by Crippen LogP contribution is 2.25. The van der Waals surface area contributed by atoms with Gasteiger partial charge in [0.25, 0.3) is 0 Å². The van der Waals surface area contributed by atoms with E-state index >= 15 is 0 Å². The van der Waals surface area contributed by atoms with E-state index < -0.39 is 10.0 Å². The van der Waals surface area contributed by atoms with Gasteiger partial charge in [-0.15, -0.1) is 0 Å². The highest BCUT2D eigenvalue weighted by atomic mass is 32.2. The van der Waals surface area contributed by atoms with Crippen LogP contribution < -0.4 is 10.2 Å². The number of rotatable bonds is 5. The van der Waals surface area contributed by atoms with Gasteiger partial charge in [-0.1, -0.05) is 6.07 Å². The van der Waals surface area contributed by atoms with E-state index in [1.165, 1.54) is 20.2 Å². The van der Waals surface area contributed by atoms with Gasteiger partial charge in [0.15, 0.2) is 0 Å². The van der Waals surface area contributed by atoms with Crippen LogP contribution >= 0.6 is 0 Å². The van der Waals surface area contributed by atoms with E-state index in [0.29, 0.717) is 18.2 Å². The molecule has 150 valence electrons. The molecule has 1 aliphatic heterocycles. The second-order valence-corrected chi connectivity index (χ2v) is 9.24. The second-order valence-electron chi connectivity index (χ2n) is 7.09. The lowest BCUT2D eigenvalue weighted by Crippen LogP contribution is -2.41. The number of aromatic nitrogens is 2. The standard InChI is InChI=1S/C19H25N5O3S/c1-14-7-8-16(28(26,27)23(2)3)12-17(14)22-18(25)15-6-4-11-24(13-15)19-20-9-5-10-21-19/h5,7-10,12,15H,4,6,11,13H2,1-3H3,(H,22,25). The number of benzene rings is 1. The van der Waals surface area contributed by atoms with Crippen LogP contribution in [0.5, 0.6) is 0 Å². The minimum Gasteiger partial charge on any atom is -0.340 e. The first-order valence-electron chi connectivity index (χ1n) is 9.15. The SMILES string of the molecule is Cc1ccc(S(=O)(=O)N(C)C)cc1NC(=O)C1CCCN(c2ncccn2)C1. The molecule has 1 aliphatic rings. The molecule has 1 fully saturated rings. The molecule has 28 heavy (non-hydrogen) atoms. The van der Waals surface area contributed by atoms with E-state index in [9.17, 15) is 13.2 Å². The average Bonchev–Trinajstić information content (AvgIpc) is 2.70. The molecule has 1 saturated heterocycles. The van der Waals surface area contributed by atoms with Gasteiger partial charge in [-0.05, 0) is 43.5 Å². The van der Waals surface area contributed by atoms with Crippen molar-refractivity contribution < 1.29 is 13.2 Å².